The summed E-state index contributed by atoms with van der Waals surface area (Å²) < 4.78 is 57.6. The molecule has 0 fully saturated rings. The van der Waals surface area contributed by atoms with Crippen molar-refractivity contribution in [1.29, 1.82) is 0 Å². The summed E-state index contributed by atoms with van der Waals surface area (Å²) in [5.41, 5.74) is -3.38. The Labute approximate surface area is 170 Å². The third-order valence-electron chi connectivity index (χ3n) is 4.33. The molecule has 29 heavy (non-hydrogen) atoms. The van der Waals surface area contributed by atoms with Crippen LogP contribution in [0.15, 0.2) is 30.3 Å². The number of hydrogen-bond acceptors (Lipinski definition) is 6. The van der Waals surface area contributed by atoms with E-state index in [0.717, 1.165) is 33.5 Å². The zero-order valence-electron chi connectivity index (χ0n) is 16.0. The van der Waals surface area contributed by atoms with Crippen molar-refractivity contribution in [2.75, 3.05) is 26.6 Å². The summed E-state index contributed by atoms with van der Waals surface area (Å²) in [5, 5.41) is 12.5. The van der Waals surface area contributed by atoms with Crippen molar-refractivity contribution < 1.29 is 37.3 Å². The van der Waals surface area contributed by atoms with Crippen LogP contribution in [0.25, 0.3) is 0 Å². The summed E-state index contributed by atoms with van der Waals surface area (Å²) in [4.78, 5) is 12.5. The van der Waals surface area contributed by atoms with Crippen LogP contribution in [0.2, 0.25) is 5.02 Å². The highest BCUT2D eigenvalue weighted by Gasteiger charge is 2.63. The SMILES string of the molecule is COC(=O)C(Nc1ccc(C)c(Cl)c1)(c1cc(OC)c(O)c(OC)c1)C(F)(F)F. The molecule has 0 aliphatic rings. The molecule has 0 bridgehead atoms. The number of carbonyl (C=O) groups is 1. The fourth-order valence-electron chi connectivity index (χ4n) is 2.74. The van der Waals surface area contributed by atoms with Gasteiger partial charge in [-0.05, 0) is 36.8 Å². The number of phenolic OH excluding ortho intramolecular Hbond substituents is 1. The van der Waals surface area contributed by atoms with Gasteiger partial charge in [0.05, 0.1) is 21.3 Å². The molecule has 0 saturated carbocycles. The van der Waals surface area contributed by atoms with Crippen LogP contribution in [-0.2, 0) is 15.1 Å². The molecule has 0 saturated heterocycles. The Morgan fingerprint density at radius 1 is 1.07 bits per heavy atom. The zero-order chi connectivity index (χ0) is 22.0. The molecule has 2 rings (SSSR count). The van der Waals surface area contributed by atoms with Gasteiger partial charge in [-0.15, -0.1) is 0 Å². The maximum absolute atomic E-state index is 14.4. The molecule has 1 unspecified atom stereocenters. The van der Waals surface area contributed by atoms with Gasteiger partial charge in [0.1, 0.15) is 0 Å². The lowest BCUT2D eigenvalue weighted by Crippen LogP contribution is -2.55. The summed E-state index contributed by atoms with van der Waals surface area (Å²) in [5.74, 6) is -2.78. The predicted octanol–water partition coefficient (Wildman–Crippen LogP) is 4.41. The van der Waals surface area contributed by atoms with Crippen molar-refractivity contribution in [3.05, 3.63) is 46.5 Å². The Balaban J connectivity index is 2.83. The number of aromatic hydroxyl groups is 1. The molecule has 158 valence electrons. The average molecular weight is 434 g/mol. The van der Waals surface area contributed by atoms with Crippen LogP contribution in [0, 0.1) is 6.92 Å². The Kier molecular flexibility index (Phi) is 6.42. The van der Waals surface area contributed by atoms with E-state index in [1.165, 1.54) is 18.2 Å². The number of halogens is 4. The first-order valence-electron chi connectivity index (χ1n) is 8.16. The van der Waals surface area contributed by atoms with E-state index in [2.05, 4.69) is 10.1 Å². The lowest BCUT2D eigenvalue weighted by atomic mass is 9.87. The van der Waals surface area contributed by atoms with Gasteiger partial charge >= 0.3 is 12.1 Å². The topological polar surface area (TPSA) is 77.0 Å². The molecule has 0 amide bonds. The number of aryl methyl sites for hydroxylation is 1. The van der Waals surface area contributed by atoms with E-state index in [1.807, 2.05) is 0 Å². The number of phenols is 1. The highest BCUT2D eigenvalue weighted by Crippen LogP contribution is 2.48. The summed E-state index contributed by atoms with van der Waals surface area (Å²) in [7, 11) is 3.14. The first-order valence-corrected chi connectivity index (χ1v) is 8.54. The van der Waals surface area contributed by atoms with Crippen molar-refractivity contribution in [2.45, 2.75) is 18.6 Å². The van der Waals surface area contributed by atoms with Crippen LogP contribution in [0.1, 0.15) is 11.1 Å². The Morgan fingerprint density at radius 3 is 2.03 bits per heavy atom. The van der Waals surface area contributed by atoms with E-state index in [0.29, 0.717) is 5.56 Å². The van der Waals surface area contributed by atoms with Gasteiger partial charge in [-0.25, -0.2) is 4.79 Å². The second-order valence-electron chi connectivity index (χ2n) is 6.06. The Bertz CT molecular complexity index is 894. The maximum Gasteiger partial charge on any atom is 0.426 e. The first-order chi connectivity index (χ1) is 13.5. The number of methoxy groups -OCH3 is 3. The van der Waals surface area contributed by atoms with Gasteiger partial charge in [-0.1, -0.05) is 17.7 Å². The lowest BCUT2D eigenvalue weighted by Gasteiger charge is -2.35. The minimum Gasteiger partial charge on any atom is -0.502 e. The standard InChI is InChI=1S/C19H19ClF3NO5/c1-10-5-6-12(9-13(10)20)24-18(17(26)29-4,19(21,22)23)11-7-14(27-2)16(25)15(8-11)28-3/h5-9,24-25H,1-4H3. The van der Waals surface area contributed by atoms with Crippen LogP contribution < -0.4 is 14.8 Å². The number of hydrogen-bond donors (Lipinski definition) is 2. The van der Waals surface area contributed by atoms with Crippen LogP contribution in [0.4, 0.5) is 18.9 Å². The lowest BCUT2D eigenvalue weighted by molar-refractivity contribution is -0.201. The second-order valence-corrected chi connectivity index (χ2v) is 6.46. The molecule has 2 aromatic carbocycles. The minimum absolute atomic E-state index is 0.0747. The third-order valence-corrected chi connectivity index (χ3v) is 4.74. The van der Waals surface area contributed by atoms with Crippen molar-refractivity contribution >= 4 is 23.3 Å². The zero-order valence-corrected chi connectivity index (χ0v) is 16.7. The number of carbonyl (C=O) groups excluding carboxylic acids is 1. The van der Waals surface area contributed by atoms with E-state index in [4.69, 9.17) is 21.1 Å². The first kappa shape index (κ1) is 22.5. The fourth-order valence-corrected chi connectivity index (χ4v) is 2.92. The largest absolute Gasteiger partial charge is 0.502 e. The molecule has 2 aromatic rings. The number of ether oxygens (including phenoxy) is 3. The number of nitrogens with one attached hydrogen (secondary N) is 1. The summed E-state index contributed by atoms with van der Waals surface area (Å²) in [6.07, 6.45) is -5.16. The summed E-state index contributed by atoms with van der Waals surface area (Å²) in [6.45, 7) is 1.68. The summed E-state index contributed by atoms with van der Waals surface area (Å²) in [6, 6.07) is 5.87. The van der Waals surface area contributed by atoms with Crippen LogP contribution >= 0.6 is 11.6 Å². The number of alkyl halides is 3. The number of anilines is 1. The average Bonchev–Trinajstić information content (AvgIpc) is 2.67. The number of esters is 1. The van der Waals surface area contributed by atoms with Gasteiger partial charge in [-0.3, -0.25) is 0 Å². The van der Waals surface area contributed by atoms with Crippen molar-refractivity contribution in [2.24, 2.45) is 0 Å². The van der Waals surface area contributed by atoms with Gasteiger partial charge in [0.15, 0.2) is 11.5 Å². The molecule has 0 aliphatic carbocycles. The molecule has 6 nitrogen and oxygen atoms in total. The molecule has 0 spiro atoms. The van der Waals surface area contributed by atoms with Crippen molar-refractivity contribution in [1.82, 2.24) is 0 Å². The Hall–Kier alpha value is -2.81. The molecule has 0 aliphatic heterocycles. The van der Waals surface area contributed by atoms with Gasteiger partial charge < -0.3 is 24.6 Å². The second kappa shape index (κ2) is 8.28. The monoisotopic (exact) mass is 433 g/mol. The van der Waals surface area contributed by atoms with Gasteiger partial charge in [-0.2, -0.15) is 13.2 Å². The van der Waals surface area contributed by atoms with E-state index in [9.17, 15) is 23.1 Å². The van der Waals surface area contributed by atoms with Gasteiger partial charge in [0, 0.05) is 16.3 Å². The van der Waals surface area contributed by atoms with Crippen LogP contribution in [0.3, 0.4) is 0 Å². The molecule has 2 N–H and O–H groups in total. The molecule has 0 radical (unpaired) electrons. The van der Waals surface area contributed by atoms with E-state index in [-0.39, 0.29) is 22.2 Å². The van der Waals surface area contributed by atoms with E-state index in [1.54, 1.807) is 6.92 Å². The van der Waals surface area contributed by atoms with Crippen LogP contribution in [0.5, 0.6) is 17.2 Å². The van der Waals surface area contributed by atoms with Crippen LogP contribution in [-0.4, -0.2) is 38.6 Å². The van der Waals surface area contributed by atoms with Crippen molar-refractivity contribution in [3.8, 4) is 17.2 Å². The molecule has 1 atom stereocenters. The molecular weight excluding hydrogens is 415 g/mol. The fraction of sp³-hybridized carbons (Fsp3) is 0.316. The highest BCUT2D eigenvalue weighted by atomic mass is 35.5. The third kappa shape index (κ3) is 4.00. The number of rotatable bonds is 6. The predicted molar refractivity (Wildman–Crippen MR) is 101 cm³/mol. The molecule has 0 aromatic heterocycles. The molecule has 0 heterocycles. The maximum atomic E-state index is 14.4. The van der Waals surface area contributed by atoms with E-state index >= 15 is 0 Å². The van der Waals surface area contributed by atoms with Crippen molar-refractivity contribution in [3.63, 3.8) is 0 Å². The number of benzene rings is 2. The smallest absolute Gasteiger partial charge is 0.426 e. The normalized spacial score (nSPS) is 13.4. The molecular formula is C19H19ClF3NO5. The van der Waals surface area contributed by atoms with Gasteiger partial charge in [0.2, 0.25) is 5.75 Å². The Morgan fingerprint density at radius 2 is 1.62 bits per heavy atom. The summed E-state index contributed by atoms with van der Waals surface area (Å²) >= 11 is 6.02. The highest BCUT2D eigenvalue weighted by molar-refractivity contribution is 6.31. The van der Waals surface area contributed by atoms with E-state index < -0.39 is 29.0 Å². The van der Waals surface area contributed by atoms with Gasteiger partial charge in [0.25, 0.3) is 5.54 Å². The molecule has 10 heteroatoms. The minimum atomic E-state index is -5.16. The quantitative estimate of drug-likeness (QED) is 0.657.